The zero-order valence-corrected chi connectivity index (χ0v) is 25.6. The smallest absolute Gasteiger partial charge is 0.120 e. The van der Waals surface area contributed by atoms with Crippen molar-refractivity contribution >= 4 is 11.8 Å². The molecule has 0 heterocycles. The molecular weight excluding hydrogens is 478 g/mol. The second-order valence-electron chi connectivity index (χ2n) is 10.3. The SMILES string of the molecule is CCC(C)C[C-](c1ccccc1)c1ccc(Sc2ccc([C-](CC(C)CC)c3ccccc3)cc2)cc1.[Li+].[Li+]. The van der Waals surface area contributed by atoms with Gasteiger partial charge in [-0.25, -0.2) is 0 Å². The monoisotopic (exact) mass is 518 g/mol. The topological polar surface area (TPSA) is 0 Å². The summed E-state index contributed by atoms with van der Waals surface area (Å²) < 4.78 is 0. The molecular formula is C36H40Li2S. The first kappa shape index (κ1) is 33.4. The van der Waals surface area contributed by atoms with E-state index < -0.39 is 0 Å². The molecule has 0 nitrogen and oxygen atoms in total. The van der Waals surface area contributed by atoms with Gasteiger partial charge in [0, 0.05) is 0 Å². The minimum absolute atomic E-state index is 0. The molecule has 39 heavy (non-hydrogen) atoms. The maximum absolute atomic E-state index is 2.35. The van der Waals surface area contributed by atoms with E-state index in [-0.39, 0.29) is 37.7 Å². The van der Waals surface area contributed by atoms with Gasteiger partial charge in [0.05, 0.1) is 0 Å². The van der Waals surface area contributed by atoms with E-state index in [1.807, 2.05) is 11.8 Å². The van der Waals surface area contributed by atoms with Gasteiger partial charge in [-0.3, -0.25) is 0 Å². The Balaban J connectivity index is 0.00000267. The molecule has 4 rings (SSSR count). The van der Waals surface area contributed by atoms with Crippen LogP contribution in [-0.4, -0.2) is 0 Å². The minimum Gasteiger partial charge on any atom is -0.120 e. The number of hydrogen-bond donors (Lipinski definition) is 0. The van der Waals surface area contributed by atoms with Gasteiger partial charge in [0.2, 0.25) is 0 Å². The van der Waals surface area contributed by atoms with E-state index in [0.29, 0.717) is 11.8 Å². The first-order valence-electron chi connectivity index (χ1n) is 13.8. The fourth-order valence-electron chi connectivity index (χ4n) is 4.65. The van der Waals surface area contributed by atoms with Crippen molar-refractivity contribution in [1.82, 2.24) is 0 Å². The first-order valence-corrected chi connectivity index (χ1v) is 14.6. The maximum atomic E-state index is 2.35. The Kier molecular flexibility index (Phi) is 14.6. The van der Waals surface area contributed by atoms with Crippen molar-refractivity contribution in [3.05, 3.63) is 143 Å². The molecule has 2 unspecified atom stereocenters. The van der Waals surface area contributed by atoms with E-state index in [0.717, 1.165) is 12.8 Å². The molecule has 0 N–H and O–H groups in total. The molecule has 0 aliphatic heterocycles. The Morgan fingerprint density at radius 2 is 0.795 bits per heavy atom. The van der Waals surface area contributed by atoms with Crippen LogP contribution in [0, 0.1) is 23.7 Å². The standard InChI is InChI=1S/C36H40S.2Li/c1-5-27(3)25-35(29-13-9-7-10-14-29)31-17-21-33(22-18-31)37-34-23-19-32(20-24-34)36(26-28(4)6-2)30-15-11-8-12-16-30;;/h7-24,27-28H,5-6,25-26H2,1-4H3;;/q-2;2*+1. The average Bonchev–Trinajstić information content (AvgIpc) is 2.96. The fraction of sp³-hybridized carbons (Fsp3) is 0.278. The Hall–Kier alpha value is -1.84. The van der Waals surface area contributed by atoms with Gasteiger partial charge in [-0.1, -0.05) is 126 Å². The second-order valence-corrected chi connectivity index (χ2v) is 11.4. The summed E-state index contributed by atoms with van der Waals surface area (Å²) in [6.45, 7) is 9.26. The van der Waals surface area contributed by atoms with Gasteiger partial charge in [0.25, 0.3) is 0 Å². The van der Waals surface area contributed by atoms with Gasteiger partial charge in [0.1, 0.15) is 0 Å². The number of benzene rings is 4. The molecule has 4 aromatic rings. The number of hydrogen-bond acceptors (Lipinski definition) is 1. The largest absolute Gasteiger partial charge is 1.00 e. The summed E-state index contributed by atoms with van der Waals surface area (Å²) in [5.41, 5.74) is 5.33. The van der Waals surface area contributed by atoms with E-state index in [1.54, 1.807) is 0 Å². The quantitative estimate of drug-likeness (QED) is 0.194. The molecule has 0 amide bonds. The molecule has 2 atom stereocenters. The Labute approximate surface area is 266 Å². The van der Waals surface area contributed by atoms with Crippen molar-refractivity contribution in [3.8, 4) is 0 Å². The second kappa shape index (κ2) is 17.1. The summed E-state index contributed by atoms with van der Waals surface area (Å²) in [4.78, 5) is 2.55. The summed E-state index contributed by atoms with van der Waals surface area (Å²) >= 11 is 1.84. The Morgan fingerprint density at radius 3 is 1.10 bits per heavy atom. The van der Waals surface area contributed by atoms with Crippen LogP contribution < -0.4 is 37.7 Å². The molecule has 0 aliphatic rings. The van der Waals surface area contributed by atoms with Gasteiger partial charge < -0.3 is 0 Å². The third kappa shape index (κ3) is 9.64. The van der Waals surface area contributed by atoms with Gasteiger partial charge in [-0.2, -0.15) is 0 Å². The summed E-state index contributed by atoms with van der Waals surface area (Å²) in [7, 11) is 0. The van der Waals surface area contributed by atoms with Crippen molar-refractivity contribution in [2.24, 2.45) is 11.8 Å². The van der Waals surface area contributed by atoms with Gasteiger partial charge in [-0.15, -0.1) is 82.6 Å². The van der Waals surface area contributed by atoms with Crippen LogP contribution in [0.25, 0.3) is 0 Å². The summed E-state index contributed by atoms with van der Waals surface area (Å²) in [5.74, 6) is 4.23. The average molecular weight is 519 g/mol. The molecule has 0 aliphatic carbocycles. The summed E-state index contributed by atoms with van der Waals surface area (Å²) in [6.07, 6.45) is 4.60. The Morgan fingerprint density at radius 1 is 0.487 bits per heavy atom. The molecule has 0 saturated heterocycles. The molecule has 0 aromatic heterocycles. The van der Waals surface area contributed by atoms with E-state index in [2.05, 4.69) is 137 Å². The van der Waals surface area contributed by atoms with Crippen molar-refractivity contribution in [2.45, 2.75) is 63.2 Å². The van der Waals surface area contributed by atoms with Crippen LogP contribution in [0.3, 0.4) is 0 Å². The van der Waals surface area contributed by atoms with E-state index in [1.165, 1.54) is 56.7 Å². The molecule has 3 heteroatoms. The van der Waals surface area contributed by atoms with E-state index >= 15 is 0 Å². The van der Waals surface area contributed by atoms with Gasteiger partial charge in [-0.05, 0) is 21.6 Å². The van der Waals surface area contributed by atoms with Crippen LogP contribution in [0.4, 0.5) is 0 Å². The van der Waals surface area contributed by atoms with Gasteiger partial charge in [0.15, 0.2) is 0 Å². The maximum Gasteiger partial charge on any atom is 1.00 e. The van der Waals surface area contributed by atoms with Crippen LogP contribution in [0.15, 0.2) is 119 Å². The zero-order chi connectivity index (χ0) is 26.0. The van der Waals surface area contributed by atoms with Crippen LogP contribution in [0.5, 0.6) is 0 Å². The molecule has 0 spiro atoms. The predicted octanol–water partition coefficient (Wildman–Crippen LogP) is 4.66. The van der Waals surface area contributed by atoms with Crippen LogP contribution in [-0.2, 0) is 0 Å². The van der Waals surface area contributed by atoms with Crippen molar-refractivity contribution in [3.63, 3.8) is 0 Å². The Bertz CT molecular complexity index is 1090. The molecule has 4 aromatic carbocycles. The third-order valence-electron chi connectivity index (χ3n) is 7.38. The van der Waals surface area contributed by atoms with Crippen molar-refractivity contribution in [2.75, 3.05) is 0 Å². The number of rotatable bonds is 12. The zero-order valence-electron chi connectivity index (χ0n) is 24.8. The van der Waals surface area contributed by atoms with E-state index in [4.69, 9.17) is 0 Å². The molecule has 192 valence electrons. The predicted molar refractivity (Wildman–Crippen MR) is 161 cm³/mol. The molecule has 0 saturated carbocycles. The van der Waals surface area contributed by atoms with E-state index in [9.17, 15) is 0 Å². The van der Waals surface area contributed by atoms with Crippen LogP contribution in [0.2, 0.25) is 0 Å². The third-order valence-corrected chi connectivity index (χ3v) is 8.40. The first-order chi connectivity index (χ1) is 18.1. The van der Waals surface area contributed by atoms with Gasteiger partial charge >= 0.3 is 37.7 Å². The summed E-state index contributed by atoms with van der Waals surface area (Å²) in [5, 5.41) is 0. The summed E-state index contributed by atoms with van der Waals surface area (Å²) in [6, 6.07) is 40.0. The van der Waals surface area contributed by atoms with Crippen molar-refractivity contribution in [1.29, 1.82) is 0 Å². The molecule has 0 radical (unpaired) electrons. The minimum atomic E-state index is 0. The van der Waals surface area contributed by atoms with Crippen LogP contribution >= 0.6 is 11.8 Å². The van der Waals surface area contributed by atoms with Crippen LogP contribution in [0.1, 0.15) is 75.6 Å². The fourth-order valence-corrected chi connectivity index (χ4v) is 5.47. The molecule has 0 bridgehead atoms. The normalized spacial score (nSPS) is 12.0. The van der Waals surface area contributed by atoms with Crippen molar-refractivity contribution < 1.29 is 37.7 Å². The molecule has 0 fully saturated rings.